The van der Waals surface area contributed by atoms with Crippen LogP contribution in [0.1, 0.15) is 29.8 Å². The molecule has 0 bridgehead atoms. The second-order valence-corrected chi connectivity index (χ2v) is 8.10. The highest BCUT2D eigenvalue weighted by molar-refractivity contribution is 6.30. The van der Waals surface area contributed by atoms with E-state index in [0.29, 0.717) is 35.8 Å². The summed E-state index contributed by atoms with van der Waals surface area (Å²) in [4.78, 5) is 35.8. The lowest BCUT2D eigenvalue weighted by Crippen LogP contribution is -2.40. The Morgan fingerprint density at radius 3 is 2.24 bits per heavy atom. The van der Waals surface area contributed by atoms with E-state index in [2.05, 4.69) is 15.4 Å². The summed E-state index contributed by atoms with van der Waals surface area (Å²) in [5, 5.41) is 6.24. The van der Waals surface area contributed by atoms with Gasteiger partial charge in [-0.05, 0) is 69.3 Å². The van der Waals surface area contributed by atoms with Gasteiger partial charge in [-0.1, -0.05) is 23.7 Å². The zero-order chi connectivity index (χ0) is 25.0. The molecule has 184 valence electrons. The smallest absolute Gasteiger partial charge is 0.476 e. The molecule has 0 spiro atoms. The van der Waals surface area contributed by atoms with Crippen molar-refractivity contribution < 1.29 is 33.3 Å². The molecule has 0 heterocycles. The fourth-order valence-electron chi connectivity index (χ4n) is 2.67. The normalized spacial score (nSPS) is 10.8. The highest BCUT2D eigenvalue weighted by atomic mass is 35.5. The molecule has 0 aliphatic carbocycles. The Bertz CT molecular complexity index is 947. The Hall–Kier alpha value is -3.30. The average molecular weight is 493 g/mol. The number of hydrogen-bond donors (Lipinski definition) is 2. The molecule has 0 aliphatic rings. The first-order valence-corrected chi connectivity index (χ1v) is 11.0. The summed E-state index contributed by atoms with van der Waals surface area (Å²) in [5.41, 5.74) is 0.209. The van der Waals surface area contributed by atoms with Crippen molar-refractivity contribution in [2.24, 2.45) is 0 Å². The van der Waals surface area contributed by atoms with Gasteiger partial charge in [-0.25, -0.2) is 9.59 Å². The average Bonchev–Trinajstić information content (AvgIpc) is 2.80. The molecular formula is C24H29ClN2O7. The van der Waals surface area contributed by atoms with Crippen LogP contribution in [0.25, 0.3) is 0 Å². The van der Waals surface area contributed by atoms with Crippen molar-refractivity contribution in [1.29, 1.82) is 0 Å². The Morgan fingerprint density at radius 1 is 0.912 bits per heavy atom. The van der Waals surface area contributed by atoms with E-state index in [4.69, 9.17) is 25.8 Å². The Morgan fingerprint density at radius 2 is 1.59 bits per heavy atom. The molecule has 0 fully saturated rings. The highest BCUT2D eigenvalue weighted by Gasteiger charge is 2.32. The molecule has 10 heteroatoms. The van der Waals surface area contributed by atoms with Crippen molar-refractivity contribution in [1.82, 2.24) is 10.6 Å². The molecule has 2 aromatic carbocycles. The molecule has 9 nitrogen and oxygen atoms in total. The summed E-state index contributed by atoms with van der Waals surface area (Å²) in [6.45, 7) is 3.58. The summed E-state index contributed by atoms with van der Waals surface area (Å²) < 4.78 is 20.1. The molecule has 2 rings (SSSR count). The van der Waals surface area contributed by atoms with E-state index in [1.54, 1.807) is 57.3 Å². The van der Waals surface area contributed by atoms with Crippen LogP contribution >= 0.6 is 11.6 Å². The van der Waals surface area contributed by atoms with Gasteiger partial charge in [-0.2, -0.15) is 0 Å². The maximum absolute atomic E-state index is 12.3. The topological polar surface area (TPSA) is 112 Å². The van der Waals surface area contributed by atoms with Crippen molar-refractivity contribution in [3.8, 4) is 5.75 Å². The molecule has 0 aromatic heterocycles. The Kier molecular flexibility index (Phi) is 10.6. The van der Waals surface area contributed by atoms with Gasteiger partial charge in [0.25, 0.3) is 5.91 Å². The highest BCUT2D eigenvalue weighted by Crippen LogP contribution is 2.20. The molecule has 0 unspecified atom stereocenters. The maximum Gasteiger partial charge on any atom is 0.511 e. The van der Waals surface area contributed by atoms with E-state index in [-0.39, 0.29) is 12.5 Å². The number of likely N-dealkylation sites (N-methyl/N-ethyl adjacent to an activating group) is 1. The van der Waals surface area contributed by atoms with E-state index in [9.17, 15) is 14.4 Å². The van der Waals surface area contributed by atoms with Crippen LogP contribution in [0.15, 0.2) is 48.5 Å². The zero-order valence-corrected chi connectivity index (χ0v) is 20.1. The van der Waals surface area contributed by atoms with Gasteiger partial charge in [0.15, 0.2) is 5.60 Å². The third kappa shape index (κ3) is 9.29. The van der Waals surface area contributed by atoms with Gasteiger partial charge in [-0.3, -0.25) is 4.79 Å². The van der Waals surface area contributed by atoms with Crippen LogP contribution in [0, 0.1) is 0 Å². The van der Waals surface area contributed by atoms with Gasteiger partial charge in [-0.15, -0.1) is 0 Å². The predicted molar refractivity (Wildman–Crippen MR) is 126 cm³/mol. The third-order valence-corrected chi connectivity index (χ3v) is 4.78. The number of rotatable bonds is 12. The summed E-state index contributed by atoms with van der Waals surface area (Å²) in [5.74, 6) is -0.417. The largest absolute Gasteiger partial charge is 0.511 e. The van der Waals surface area contributed by atoms with Crippen LogP contribution in [0.4, 0.5) is 4.79 Å². The fourth-order valence-corrected chi connectivity index (χ4v) is 2.79. The number of hydrogen-bond acceptors (Lipinski definition) is 8. The van der Waals surface area contributed by atoms with Crippen LogP contribution < -0.4 is 15.4 Å². The Balaban J connectivity index is 1.74. The summed E-state index contributed by atoms with van der Waals surface area (Å²) in [7, 11) is 1.72. The van der Waals surface area contributed by atoms with Crippen molar-refractivity contribution in [2.45, 2.75) is 25.9 Å². The van der Waals surface area contributed by atoms with Gasteiger partial charge < -0.3 is 29.6 Å². The minimum absolute atomic E-state index is 0.141. The number of amides is 1. The van der Waals surface area contributed by atoms with Gasteiger partial charge in [0.05, 0.1) is 0 Å². The lowest BCUT2D eigenvalue weighted by atomic mass is 10.1. The monoisotopic (exact) mass is 492 g/mol. The number of ether oxygens (including phenoxy) is 4. The minimum Gasteiger partial charge on any atom is -0.476 e. The molecule has 0 aliphatic heterocycles. The lowest BCUT2D eigenvalue weighted by molar-refractivity contribution is -0.168. The molecular weight excluding hydrogens is 464 g/mol. The number of carbonyl (C=O) groups is 3. The second-order valence-electron chi connectivity index (χ2n) is 7.67. The van der Waals surface area contributed by atoms with Crippen LogP contribution in [0.3, 0.4) is 0 Å². The van der Waals surface area contributed by atoms with Crippen molar-refractivity contribution in [3.05, 3.63) is 64.7 Å². The van der Waals surface area contributed by atoms with E-state index < -0.39 is 24.5 Å². The number of benzene rings is 2. The number of nitrogens with one attached hydrogen (secondary N) is 2. The van der Waals surface area contributed by atoms with Crippen LogP contribution in [0.5, 0.6) is 5.75 Å². The van der Waals surface area contributed by atoms with E-state index in [1.165, 1.54) is 0 Å². The van der Waals surface area contributed by atoms with Crippen molar-refractivity contribution in [2.75, 3.05) is 33.5 Å². The quantitative estimate of drug-likeness (QED) is 0.263. The summed E-state index contributed by atoms with van der Waals surface area (Å²) >= 11 is 5.83. The first kappa shape index (κ1) is 26.9. The van der Waals surface area contributed by atoms with Crippen molar-refractivity contribution >= 4 is 29.6 Å². The van der Waals surface area contributed by atoms with Crippen LogP contribution in [-0.2, 0) is 25.4 Å². The molecule has 1 amide bonds. The summed E-state index contributed by atoms with van der Waals surface area (Å²) in [6, 6.07) is 13.8. The van der Waals surface area contributed by atoms with Crippen LogP contribution in [0.2, 0.25) is 5.02 Å². The van der Waals surface area contributed by atoms with Crippen molar-refractivity contribution in [3.63, 3.8) is 0 Å². The number of halogens is 1. The van der Waals surface area contributed by atoms with E-state index in [1.807, 2.05) is 12.1 Å². The number of carbonyl (C=O) groups excluding carboxylic acids is 3. The molecule has 34 heavy (non-hydrogen) atoms. The van der Waals surface area contributed by atoms with Gasteiger partial charge in [0, 0.05) is 23.7 Å². The zero-order valence-electron chi connectivity index (χ0n) is 19.4. The predicted octanol–water partition coefficient (Wildman–Crippen LogP) is 3.34. The first-order chi connectivity index (χ1) is 16.2. The number of esters is 1. The maximum atomic E-state index is 12.3. The molecule has 2 N–H and O–H groups in total. The van der Waals surface area contributed by atoms with Gasteiger partial charge in [0.2, 0.25) is 6.79 Å². The second kappa shape index (κ2) is 13.4. The third-order valence-electron chi connectivity index (χ3n) is 4.53. The molecule has 0 saturated heterocycles. The molecule has 0 radical (unpaired) electrons. The molecule has 0 saturated carbocycles. The van der Waals surface area contributed by atoms with Crippen LogP contribution in [-0.4, -0.2) is 57.2 Å². The van der Waals surface area contributed by atoms with Gasteiger partial charge >= 0.3 is 12.1 Å². The molecule has 0 atom stereocenters. The SMILES string of the molecule is CNCCOC(=O)OCOC(=O)C(C)(C)Oc1ccc(CCNC(=O)c2ccc(Cl)cc2)cc1. The van der Waals surface area contributed by atoms with E-state index in [0.717, 1.165) is 5.56 Å². The first-order valence-electron chi connectivity index (χ1n) is 10.6. The Labute approximate surface area is 203 Å². The van der Waals surface area contributed by atoms with E-state index >= 15 is 0 Å². The lowest BCUT2D eigenvalue weighted by Gasteiger charge is -2.24. The fraction of sp³-hybridized carbons (Fsp3) is 0.375. The van der Waals surface area contributed by atoms with Gasteiger partial charge in [0.1, 0.15) is 12.4 Å². The molecule has 2 aromatic rings. The summed E-state index contributed by atoms with van der Waals surface area (Å²) in [6.07, 6.45) is -0.311. The minimum atomic E-state index is -1.31. The standard InChI is InChI=1S/C24H29ClN2O7/c1-24(2,22(29)32-16-33-23(30)31-15-14-26-3)34-20-10-4-17(5-11-20)12-13-27-21(28)18-6-8-19(25)9-7-18/h4-11,26H,12-16H2,1-3H3,(H,27,28).